The Hall–Kier alpha value is -2.95. The number of methoxy groups -OCH3 is 1. The van der Waals surface area contributed by atoms with Crippen LogP contribution < -0.4 is 0 Å². The first-order chi connectivity index (χ1) is 15.1. The SMILES string of the molecule is COC1(C)C=CC(C(=CC(=O)N2CCOCC2)c2ccc(-c3ccccc3)cc2)=CC1. The lowest BCUT2D eigenvalue weighted by Gasteiger charge is -2.28. The molecule has 0 saturated carbocycles. The first kappa shape index (κ1) is 21.3. The smallest absolute Gasteiger partial charge is 0.247 e. The zero-order chi connectivity index (χ0) is 21.7. The van der Waals surface area contributed by atoms with Crippen LogP contribution in [0.15, 0.2) is 84.5 Å². The number of nitrogens with zero attached hydrogens (tertiary/aromatic N) is 1. The van der Waals surface area contributed by atoms with Crippen LogP contribution in [0.1, 0.15) is 18.9 Å². The molecule has 31 heavy (non-hydrogen) atoms. The molecule has 4 nitrogen and oxygen atoms in total. The first-order valence-corrected chi connectivity index (χ1v) is 10.8. The lowest BCUT2D eigenvalue weighted by atomic mass is 9.87. The maximum atomic E-state index is 13.0. The molecule has 4 rings (SSSR count). The standard InChI is InChI=1S/C27H29NO3/c1-27(30-2)14-12-24(13-15-27)25(20-26(29)28-16-18-31-19-17-28)23-10-8-22(9-11-23)21-6-4-3-5-7-21/h3-14,20H,15-19H2,1-2H3. The summed E-state index contributed by atoms with van der Waals surface area (Å²) in [5, 5.41) is 0. The van der Waals surface area contributed by atoms with Gasteiger partial charge in [0.2, 0.25) is 5.91 Å². The number of carbonyl (C=O) groups excluding carboxylic acids is 1. The molecule has 0 spiro atoms. The van der Waals surface area contributed by atoms with Gasteiger partial charge in [-0.1, -0.05) is 72.8 Å². The Morgan fingerprint density at radius 3 is 2.32 bits per heavy atom. The van der Waals surface area contributed by atoms with Crippen LogP contribution in [0.3, 0.4) is 0 Å². The molecule has 4 heteroatoms. The van der Waals surface area contributed by atoms with E-state index in [1.54, 1.807) is 13.2 Å². The predicted molar refractivity (Wildman–Crippen MR) is 125 cm³/mol. The fraction of sp³-hybridized carbons (Fsp3) is 0.296. The largest absolute Gasteiger partial charge is 0.378 e. The summed E-state index contributed by atoms with van der Waals surface area (Å²) in [6, 6.07) is 18.7. The molecule has 0 N–H and O–H groups in total. The minimum absolute atomic E-state index is 0.0276. The Labute approximate surface area is 184 Å². The highest BCUT2D eigenvalue weighted by molar-refractivity contribution is 6.00. The number of benzene rings is 2. The number of allylic oxidation sites excluding steroid dienone is 3. The second-order valence-corrected chi connectivity index (χ2v) is 8.15. The molecule has 160 valence electrons. The van der Waals surface area contributed by atoms with Crippen molar-refractivity contribution in [1.82, 2.24) is 4.90 Å². The molecule has 1 fully saturated rings. The average molecular weight is 416 g/mol. The number of rotatable bonds is 5. The van der Waals surface area contributed by atoms with Crippen molar-refractivity contribution in [2.75, 3.05) is 33.4 Å². The van der Waals surface area contributed by atoms with E-state index in [2.05, 4.69) is 61.5 Å². The fourth-order valence-electron chi connectivity index (χ4n) is 3.87. The number of amides is 1. The van der Waals surface area contributed by atoms with Gasteiger partial charge in [-0.25, -0.2) is 0 Å². The Morgan fingerprint density at radius 2 is 1.71 bits per heavy atom. The summed E-state index contributed by atoms with van der Waals surface area (Å²) >= 11 is 0. The summed E-state index contributed by atoms with van der Waals surface area (Å²) in [6.07, 6.45) is 8.84. The van der Waals surface area contributed by atoms with E-state index in [1.807, 2.05) is 23.1 Å². The lowest BCUT2D eigenvalue weighted by molar-refractivity contribution is -0.129. The van der Waals surface area contributed by atoms with E-state index in [-0.39, 0.29) is 11.5 Å². The minimum Gasteiger partial charge on any atom is -0.378 e. The summed E-state index contributed by atoms with van der Waals surface area (Å²) in [4.78, 5) is 14.9. The van der Waals surface area contributed by atoms with Crippen molar-refractivity contribution in [2.45, 2.75) is 18.9 Å². The van der Waals surface area contributed by atoms with Gasteiger partial charge in [-0.05, 0) is 41.2 Å². The zero-order valence-electron chi connectivity index (χ0n) is 18.2. The highest BCUT2D eigenvalue weighted by atomic mass is 16.5. The molecule has 2 aromatic carbocycles. The Kier molecular flexibility index (Phi) is 6.50. The summed E-state index contributed by atoms with van der Waals surface area (Å²) in [7, 11) is 1.73. The van der Waals surface area contributed by atoms with Gasteiger partial charge in [0.1, 0.15) is 0 Å². The molecule has 0 radical (unpaired) electrons. The van der Waals surface area contributed by atoms with Gasteiger partial charge < -0.3 is 14.4 Å². The van der Waals surface area contributed by atoms with Crippen molar-refractivity contribution in [3.63, 3.8) is 0 Å². The molecule has 1 aliphatic heterocycles. The maximum absolute atomic E-state index is 13.0. The normalized spacial score (nSPS) is 21.7. The second kappa shape index (κ2) is 9.46. The van der Waals surface area contributed by atoms with Crippen LogP contribution in [0, 0.1) is 0 Å². The molecule has 2 aromatic rings. The van der Waals surface area contributed by atoms with Gasteiger partial charge in [-0.15, -0.1) is 0 Å². The van der Waals surface area contributed by atoms with Crippen molar-refractivity contribution < 1.29 is 14.3 Å². The van der Waals surface area contributed by atoms with Crippen molar-refractivity contribution in [1.29, 1.82) is 0 Å². The Morgan fingerprint density at radius 1 is 1.03 bits per heavy atom. The van der Waals surface area contributed by atoms with Gasteiger partial charge in [0.05, 0.1) is 18.8 Å². The monoisotopic (exact) mass is 415 g/mol. The third kappa shape index (κ3) is 5.04. The van der Waals surface area contributed by atoms with Crippen LogP contribution in [-0.4, -0.2) is 49.8 Å². The molecular formula is C27H29NO3. The molecule has 1 heterocycles. The van der Waals surface area contributed by atoms with E-state index in [1.165, 1.54) is 5.56 Å². The van der Waals surface area contributed by atoms with Gasteiger partial charge >= 0.3 is 0 Å². The van der Waals surface area contributed by atoms with Crippen LogP contribution in [0.25, 0.3) is 16.7 Å². The zero-order valence-corrected chi connectivity index (χ0v) is 18.2. The quantitative estimate of drug-likeness (QED) is 0.653. The third-order valence-electron chi connectivity index (χ3n) is 6.01. The summed E-state index contributed by atoms with van der Waals surface area (Å²) in [5.74, 6) is 0.0276. The van der Waals surface area contributed by atoms with E-state index in [4.69, 9.17) is 9.47 Å². The van der Waals surface area contributed by atoms with Crippen molar-refractivity contribution in [2.24, 2.45) is 0 Å². The van der Waals surface area contributed by atoms with Gasteiger partial charge in [0.15, 0.2) is 0 Å². The summed E-state index contributed by atoms with van der Waals surface area (Å²) in [6.45, 7) is 4.51. The molecule has 0 aromatic heterocycles. The van der Waals surface area contributed by atoms with Gasteiger partial charge in [-0.3, -0.25) is 4.79 Å². The van der Waals surface area contributed by atoms with E-state index in [9.17, 15) is 4.79 Å². The second-order valence-electron chi connectivity index (χ2n) is 8.15. The molecule has 1 aliphatic carbocycles. The number of ether oxygens (including phenoxy) is 2. The first-order valence-electron chi connectivity index (χ1n) is 10.8. The van der Waals surface area contributed by atoms with Crippen molar-refractivity contribution >= 4 is 11.5 Å². The predicted octanol–water partition coefficient (Wildman–Crippen LogP) is 4.89. The molecular weight excluding hydrogens is 386 g/mol. The number of morpholine rings is 1. The highest BCUT2D eigenvalue weighted by Gasteiger charge is 2.24. The third-order valence-corrected chi connectivity index (χ3v) is 6.01. The average Bonchev–Trinajstić information content (AvgIpc) is 2.84. The van der Waals surface area contributed by atoms with E-state index >= 15 is 0 Å². The summed E-state index contributed by atoms with van der Waals surface area (Å²) in [5.41, 5.74) is 5.03. The van der Waals surface area contributed by atoms with Gasteiger partial charge in [-0.2, -0.15) is 0 Å². The molecule has 1 unspecified atom stereocenters. The van der Waals surface area contributed by atoms with Crippen LogP contribution in [0.2, 0.25) is 0 Å². The van der Waals surface area contributed by atoms with Gasteiger partial charge in [0.25, 0.3) is 0 Å². The van der Waals surface area contributed by atoms with Crippen molar-refractivity contribution in [3.8, 4) is 11.1 Å². The van der Waals surface area contributed by atoms with Crippen LogP contribution in [0.4, 0.5) is 0 Å². The van der Waals surface area contributed by atoms with E-state index in [0.29, 0.717) is 26.3 Å². The van der Waals surface area contributed by atoms with Crippen LogP contribution in [0.5, 0.6) is 0 Å². The Balaban J connectivity index is 1.66. The topological polar surface area (TPSA) is 38.8 Å². The number of hydrogen-bond acceptors (Lipinski definition) is 3. The van der Waals surface area contributed by atoms with Crippen LogP contribution >= 0.6 is 0 Å². The molecule has 2 aliphatic rings. The van der Waals surface area contributed by atoms with E-state index in [0.717, 1.165) is 28.7 Å². The van der Waals surface area contributed by atoms with Crippen LogP contribution in [-0.2, 0) is 14.3 Å². The van der Waals surface area contributed by atoms with Gasteiger partial charge in [0, 0.05) is 26.3 Å². The number of carbonyl (C=O) groups is 1. The molecule has 0 bridgehead atoms. The maximum Gasteiger partial charge on any atom is 0.247 e. The van der Waals surface area contributed by atoms with E-state index < -0.39 is 0 Å². The fourth-order valence-corrected chi connectivity index (χ4v) is 3.87. The van der Waals surface area contributed by atoms with Crippen molar-refractivity contribution in [3.05, 3.63) is 90.0 Å². The molecule has 1 atom stereocenters. The minimum atomic E-state index is -0.306. The Bertz CT molecular complexity index is 999. The highest BCUT2D eigenvalue weighted by Crippen LogP contribution is 2.33. The lowest BCUT2D eigenvalue weighted by Crippen LogP contribution is -2.39. The summed E-state index contributed by atoms with van der Waals surface area (Å²) < 4.78 is 11.0. The number of hydrogen-bond donors (Lipinski definition) is 0. The molecule has 1 saturated heterocycles. The molecule has 1 amide bonds.